The van der Waals surface area contributed by atoms with Crippen LogP contribution in [0, 0.1) is 0 Å². The van der Waals surface area contributed by atoms with Crippen LogP contribution in [-0.2, 0) is 26.7 Å². The van der Waals surface area contributed by atoms with Gasteiger partial charge in [-0.2, -0.15) is 5.10 Å². The Morgan fingerprint density at radius 2 is 1.74 bits per heavy atom. The number of H-pyrrole nitrogens is 1. The molecule has 0 unspecified atom stereocenters. The number of imidazole rings is 1. The van der Waals surface area contributed by atoms with Gasteiger partial charge in [0.1, 0.15) is 11.4 Å². The van der Waals surface area contributed by atoms with Crippen molar-refractivity contribution in [3.8, 4) is 28.5 Å². The Hall–Kier alpha value is -4.43. The van der Waals surface area contributed by atoms with E-state index < -0.39 is 0 Å². The summed E-state index contributed by atoms with van der Waals surface area (Å²) in [6.45, 7) is 2.25. The van der Waals surface area contributed by atoms with Crippen molar-refractivity contribution in [2.75, 3.05) is 4.90 Å². The molecule has 3 N–H and O–H groups in total. The summed E-state index contributed by atoms with van der Waals surface area (Å²) < 4.78 is 1.65. The lowest BCUT2D eigenvalue weighted by molar-refractivity contribution is 0.0996. The Balaban J connectivity index is 1.22. The van der Waals surface area contributed by atoms with Crippen molar-refractivity contribution in [2.24, 2.45) is 7.05 Å². The van der Waals surface area contributed by atoms with Gasteiger partial charge in [-0.25, -0.2) is 4.98 Å². The summed E-state index contributed by atoms with van der Waals surface area (Å²) in [6.07, 6.45) is 0. The van der Waals surface area contributed by atoms with E-state index in [1.54, 1.807) is 16.6 Å². The Bertz CT molecular complexity index is 1610. The molecular weight excluding hydrogens is 440 g/mol. The first-order valence-electron chi connectivity index (χ1n) is 11.6. The smallest absolute Gasteiger partial charge is 0.258 e. The van der Waals surface area contributed by atoms with Crippen molar-refractivity contribution >= 4 is 22.6 Å². The van der Waals surface area contributed by atoms with Crippen molar-refractivity contribution in [1.82, 2.24) is 25.1 Å². The topological polar surface area (TPSA) is 99.1 Å². The third kappa shape index (κ3) is 3.00. The minimum Gasteiger partial charge on any atom is -0.504 e. The predicted molar refractivity (Wildman–Crippen MR) is 133 cm³/mol. The highest BCUT2D eigenvalue weighted by Crippen LogP contribution is 2.38. The molecule has 0 spiro atoms. The van der Waals surface area contributed by atoms with E-state index in [9.17, 15) is 9.90 Å². The summed E-state index contributed by atoms with van der Waals surface area (Å²) >= 11 is 0. The van der Waals surface area contributed by atoms with Crippen LogP contribution >= 0.6 is 0 Å². The van der Waals surface area contributed by atoms with Gasteiger partial charge in [-0.05, 0) is 47.0 Å². The van der Waals surface area contributed by atoms with Gasteiger partial charge in [-0.1, -0.05) is 30.3 Å². The van der Waals surface area contributed by atoms with Gasteiger partial charge in [0.05, 0.1) is 17.6 Å². The molecule has 172 valence electrons. The number of rotatable bonds is 3. The molecule has 7 rings (SSSR count). The fraction of sp³-hybridized carbons (Fsp3) is 0.148. The van der Waals surface area contributed by atoms with E-state index in [1.165, 1.54) is 11.1 Å². The lowest BCUT2D eigenvalue weighted by atomic mass is 10.1. The van der Waals surface area contributed by atoms with Gasteiger partial charge in [0.2, 0.25) is 0 Å². The van der Waals surface area contributed by atoms with Gasteiger partial charge in [0.15, 0.2) is 11.6 Å². The zero-order valence-electron chi connectivity index (χ0n) is 19.0. The van der Waals surface area contributed by atoms with E-state index in [0.29, 0.717) is 23.8 Å². The number of carbonyl (C=O) groups excluding carboxylic acids is 1. The first kappa shape index (κ1) is 20.0. The normalized spacial score (nSPS) is 14.7. The fourth-order valence-electron chi connectivity index (χ4n) is 5.15. The average molecular weight is 463 g/mol. The van der Waals surface area contributed by atoms with Crippen molar-refractivity contribution in [2.45, 2.75) is 19.6 Å². The van der Waals surface area contributed by atoms with E-state index in [1.807, 2.05) is 48.5 Å². The van der Waals surface area contributed by atoms with Gasteiger partial charge >= 0.3 is 0 Å². The Labute approximate surface area is 200 Å². The summed E-state index contributed by atoms with van der Waals surface area (Å²) in [5.74, 6) is 0.647. The SMILES string of the molecule is Cn1nc(-c2ccc(N3Cc4ccccc4C3=O)cc2)c(O)c1-c1nc2cc3c(cc2[nH]1)CNC3. The van der Waals surface area contributed by atoms with E-state index >= 15 is 0 Å². The molecule has 2 aliphatic rings. The standard InChI is InChI=1S/C27H22N6O2/c1-32-24(26-29-21-10-17-12-28-13-18(17)11-22(21)30-26)25(34)23(31-32)15-6-8-19(9-7-15)33-14-16-4-2-3-5-20(16)27(33)35/h2-11,28,34H,12-14H2,1H3,(H,29,30). The highest BCUT2D eigenvalue weighted by atomic mass is 16.3. The van der Waals surface area contributed by atoms with Crippen LogP contribution in [0.5, 0.6) is 5.75 Å². The molecule has 5 aromatic rings. The molecular formula is C27H22N6O2. The number of amides is 1. The fourth-order valence-corrected chi connectivity index (χ4v) is 5.15. The lowest BCUT2D eigenvalue weighted by Gasteiger charge is -2.16. The summed E-state index contributed by atoms with van der Waals surface area (Å²) in [5.41, 5.74) is 8.67. The highest BCUT2D eigenvalue weighted by molar-refractivity contribution is 6.10. The number of aryl methyl sites for hydroxylation is 1. The second-order valence-corrected chi connectivity index (χ2v) is 9.09. The number of fused-ring (bicyclic) bond motifs is 3. The van der Waals surface area contributed by atoms with E-state index in [0.717, 1.165) is 46.5 Å². The number of anilines is 1. The largest absolute Gasteiger partial charge is 0.504 e. The Kier molecular flexibility index (Phi) is 4.16. The number of hydrogen-bond donors (Lipinski definition) is 3. The van der Waals surface area contributed by atoms with Crippen LogP contribution in [0.4, 0.5) is 5.69 Å². The molecule has 8 nitrogen and oxygen atoms in total. The summed E-state index contributed by atoms with van der Waals surface area (Å²) in [4.78, 5) is 22.6. The second kappa shape index (κ2) is 7.28. The second-order valence-electron chi connectivity index (χ2n) is 9.09. The van der Waals surface area contributed by atoms with Crippen molar-refractivity contribution in [1.29, 1.82) is 0 Å². The summed E-state index contributed by atoms with van der Waals surface area (Å²) in [6, 6.07) is 19.4. The molecule has 1 amide bonds. The van der Waals surface area contributed by atoms with Crippen molar-refractivity contribution in [3.05, 3.63) is 82.9 Å². The van der Waals surface area contributed by atoms with Crippen LogP contribution < -0.4 is 10.2 Å². The van der Waals surface area contributed by atoms with E-state index in [4.69, 9.17) is 4.98 Å². The number of hydrogen-bond acceptors (Lipinski definition) is 5. The van der Waals surface area contributed by atoms with Crippen LogP contribution in [0.3, 0.4) is 0 Å². The molecule has 2 aromatic heterocycles. The summed E-state index contributed by atoms with van der Waals surface area (Å²) in [7, 11) is 1.80. The quantitative estimate of drug-likeness (QED) is 0.375. The van der Waals surface area contributed by atoms with Gasteiger partial charge in [0.25, 0.3) is 5.91 Å². The Morgan fingerprint density at radius 3 is 2.54 bits per heavy atom. The monoisotopic (exact) mass is 462 g/mol. The lowest BCUT2D eigenvalue weighted by Crippen LogP contribution is -2.22. The number of nitrogens with zero attached hydrogens (tertiary/aromatic N) is 4. The van der Waals surface area contributed by atoms with Crippen LogP contribution in [0.25, 0.3) is 33.8 Å². The molecule has 0 saturated carbocycles. The maximum Gasteiger partial charge on any atom is 0.258 e. The van der Waals surface area contributed by atoms with Crippen LogP contribution in [0.15, 0.2) is 60.7 Å². The number of aromatic amines is 1. The molecule has 35 heavy (non-hydrogen) atoms. The van der Waals surface area contributed by atoms with E-state index in [-0.39, 0.29) is 11.7 Å². The first-order valence-corrected chi connectivity index (χ1v) is 11.6. The predicted octanol–water partition coefficient (Wildman–Crippen LogP) is 4.10. The molecule has 0 atom stereocenters. The molecule has 0 fully saturated rings. The molecule has 0 saturated heterocycles. The van der Waals surface area contributed by atoms with Crippen LogP contribution in [0.2, 0.25) is 0 Å². The van der Waals surface area contributed by atoms with Gasteiger partial charge < -0.3 is 20.3 Å². The molecule has 2 aliphatic heterocycles. The number of nitrogens with one attached hydrogen (secondary N) is 2. The van der Waals surface area contributed by atoms with E-state index in [2.05, 4.69) is 27.5 Å². The van der Waals surface area contributed by atoms with Gasteiger partial charge in [-0.3, -0.25) is 9.48 Å². The molecule has 0 bridgehead atoms. The van der Waals surface area contributed by atoms with Crippen molar-refractivity contribution in [3.63, 3.8) is 0 Å². The van der Waals surface area contributed by atoms with Crippen LogP contribution in [0.1, 0.15) is 27.0 Å². The molecule has 8 heteroatoms. The molecule has 3 aromatic carbocycles. The number of aromatic hydroxyl groups is 1. The summed E-state index contributed by atoms with van der Waals surface area (Å²) in [5, 5.41) is 19.1. The third-order valence-electron chi connectivity index (χ3n) is 6.95. The molecule has 4 heterocycles. The minimum absolute atomic E-state index is 0.00274. The van der Waals surface area contributed by atoms with Gasteiger partial charge in [0, 0.05) is 37.0 Å². The molecule has 0 aliphatic carbocycles. The van der Waals surface area contributed by atoms with Crippen LogP contribution in [-0.4, -0.2) is 30.8 Å². The Morgan fingerprint density at radius 1 is 0.971 bits per heavy atom. The highest BCUT2D eigenvalue weighted by Gasteiger charge is 2.28. The van der Waals surface area contributed by atoms with Crippen molar-refractivity contribution < 1.29 is 9.90 Å². The number of benzene rings is 3. The zero-order chi connectivity index (χ0) is 23.7. The maximum atomic E-state index is 12.8. The maximum absolute atomic E-state index is 12.8. The zero-order valence-corrected chi connectivity index (χ0v) is 19.0. The van der Waals surface area contributed by atoms with Gasteiger partial charge in [-0.15, -0.1) is 0 Å². The third-order valence-corrected chi connectivity index (χ3v) is 6.95. The number of aromatic nitrogens is 4. The minimum atomic E-state index is 0.00274. The average Bonchev–Trinajstić information content (AvgIpc) is 3.63. The first-order chi connectivity index (χ1) is 17.1. The number of carbonyl (C=O) groups is 1. The molecule has 0 radical (unpaired) electrons.